The van der Waals surface area contributed by atoms with Crippen molar-refractivity contribution in [2.24, 2.45) is 0 Å². The second-order valence-corrected chi connectivity index (χ2v) is 5.87. The Hall–Kier alpha value is -1.62. The zero-order valence-corrected chi connectivity index (χ0v) is 10.4. The minimum atomic E-state index is -3.32. The number of hydrogen-bond acceptors (Lipinski definition) is 4. The minimum Gasteiger partial charge on any atom is -0.465 e. The molecule has 0 amide bonds. The van der Waals surface area contributed by atoms with Crippen molar-refractivity contribution in [1.29, 1.82) is 0 Å². The van der Waals surface area contributed by atoms with Gasteiger partial charge in [0.25, 0.3) is 0 Å². The molecular formula is C12H12O4S. The summed E-state index contributed by atoms with van der Waals surface area (Å²) in [6.07, 6.45) is 1.68. The number of sulfone groups is 1. The maximum Gasteiger partial charge on any atom is 0.337 e. The average molecular weight is 252 g/mol. The maximum absolute atomic E-state index is 11.9. The molecule has 0 N–H and O–H groups in total. The van der Waals surface area contributed by atoms with E-state index in [4.69, 9.17) is 0 Å². The van der Waals surface area contributed by atoms with Crippen LogP contribution in [0.3, 0.4) is 0 Å². The summed E-state index contributed by atoms with van der Waals surface area (Å²) < 4.78 is 28.3. The van der Waals surface area contributed by atoms with E-state index in [0.29, 0.717) is 5.56 Å². The third-order valence-corrected chi connectivity index (χ3v) is 4.38. The maximum atomic E-state index is 11.9. The molecule has 1 aliphatic heterocycles. The van der Waals surface area contributed by atoms with Crippen LogP contribution in [0.15, 0.2) is 29.2 Å². The second kappa shape index (κ2) is 4.00. The highest BCUT2D eigenvalue weighted by atomic mass is 32.2. The first-order valence-corrected chi connectivity index (χ1v) is 6.73. The number of allylic oxidation sites excluding steroid dienone is 1. The van der Waals surface area contributed by atoms with Crippen LogP contribution in [0.5, 0.6) is 0 Å². The van der Waals surface area contributed by atoms with Crippen molar-refractivity contribution in [3.8, 4) is 0 Å². The number of carbonyl (C=O) groups is 1. The van der Waals surface area contributed by atoms with E-state index in [1.165, 1.54) is 13.2 Å². The van der Waals surface area contributed by atoms with E-state index in [2.05, 4.69) is 4.74 Å². The van der Waals surface area contributed by atoms with E-state index >= 15 is 0 Å². The van der Waals surface area contributed by atoms with Crippen LogP contribution in [0.1, 0.15) is 22.8 Å². The smallest absolute Gasteiger partial charge is 0.337 e. The van der Waals surface area contributed by atoms with Gasteiger partial charge in [0.2, 0.25) is 0 Å². The van der Waals surface area contributed by atoms with E-state index in [1.54, 1.807) is 18.2 Å². The summed E-state index contributed by atoms with van der Waals surface area (Å²) in [6.45, 7) is 1.85. The molecule has 90 valence electrons. The van der Waals surface area contributed by atoms with Crippen molar-refractivity contribution in [3.05, 3.63) is 35.4 Å². The molecule has 0 fully saturated rings. The highest BCUT2D eigenvalue weighted by Crippen LogP contribution is 2.29. The van der Waals surface area contributed by atoms with Gasteiger partial charge in [-0.15, -0.1) is 0 Å². The number of carbonyl (C=O) groups excluding carboxylic acids is 1. The Balaban J connectivity index is 2.66. The Morgan fingerprint density at radius 2 is 2.06 bits per heavy atom. The summed E-state index contributed by atoms with van der Waals surface area (Å²) in [4.78, 5) is 11.6. The lowest BCUT2D eigenvalue weighted by Crippen LogP contribution is -2.14. The minimum absolute atomic E-state index is 0.0174. The van der Waals surface area contributed by atoms with E-state index < -0.39 is 15.8 Å². The normalized spacial score (nSPS) is 16.9. The van der Waals surface area contributed by atoms with Crippen molar-refractivity contribution in [3.63, 3.8) is 0 Å². The topological polar surface area (TPSA) is 60.4 Å². The lowest BCUT2D eigenvalue weighted by molar-refractivity contribution is 0.0600. The van der Waals surface area contributed by atoms with Crippen molar-refractivity contribution < 1.29 is 17.9 Å². The predicted molar refractivity (Wildman–Crippen MR) is 63.5 cm³/mol. The van der Waals surface area contributed by atoms with Crippen molar-refractivity contribution in [2.45, 2.75) is 11.8 Å². The predicted octanol–water partition coefficient (Wildman–Crippen LogP) is 1.66. The highest BCUT2D eigenvalue weighted by Gasteiger charge is 2.24. The van der Waals surface area contributed by atoms with E-state index in [-0.39, 0.29) is 16.2 Å². The average Bonchev–Trinajstić information content (AvgIpc) is 2.33. The SMILES string of the molecule is COC(=O)c1ccc2c(c1)S(=O)(=O)CC=C2C. The Kier molecular flexibility index (Phi) is 2.79. The first kappa shape index (κ1) is 11.9. The standard InChI is InChI=1S/C12H12O4S/c1-8-5-6-17(14,15)11-7-9(12(13)16-2)3-4-10(8)11/h3-5,7H,6H2,1-2H3. The van der Waals surface area contributed by atoms with Crippen LogP contribution in [0, 0.1) is 0 Å². The Labute approximate surface area is 99.8 Å². The Morgan fingerprint density at radius 1 is 1.35 bits per heavy atom. The van der Waals surface area contributed by atoms with Crippen molar-refractivity contribution in [1.82, 2.24) is 0 Å². The Morgan fingerprint density at radius 3 is 2.71 bits per heavy atom. The Bertz CT molecular complexity index is 611. The third-order valence-electron chi connectivity index (χ3n) is 2.77. The number of esters is 1. The lowest BCUT2D eigenvalue weighted by atomic mass is 10.0. The quantitative estimate of drug-likeness (QED) is 0.713. The number of benzene rings is 1. The monoisotopic (exact) mass is 252 g/mol. The first-order valence-electron chi connectivity index (χ1n) is 5.08. The molecule has 17 heavy (non-hydrogen) atoms. The molecule has 5 heteroatoms. The molecule has 1 aromatic carbocycles. The molecule has 0 saturated carbocycles. The molecule has 1 aromatic rings. The van der Waals surface area contributed by atoms with Crippen LogP contribution in [0.4, 0.5) is 0 Å². The molecule has 0 aliphatic carbocycles. The fourth-order valence-corrected chi connectivity index (χ4v) is 3.30. The fraction of sp³-hybridized carbons (Fsp3) is 0.250. The van der Waals surface area contributed by atoms with Gasteiger partial charge in [-0.05, 0) is 30.2 Å². The number of hydrogen-bond donors (Lipinski definition) is 0. The first-order chi connectivity index (χ1) is 7.95. The summed E-state index contributed by atoms with van der Waals surface area (Å²) in [5.41, 5.74) is 1.82. The van der Waals surface area contributed by atoms with Gasteiger partial charge in [-0.1, -0.05) is 12.1 Å². The van der Waals surface area contributed by atoms with Crippen LogP contribution in [-0.2, 0) is 14.6 Å². The largest absolute Gasteiger partial charge is 0.465 e. The summed E-state index contributed by atoms with van der Waals surface area (Å²) in [7, 11) is -2.06. The van der Waals surface area contributed by atoms with Gasteiger partial charge in [-0.25, -0.2) is 13.2 Å². The zero-order valence-electron chi connectivity index (χ0n) is 9.56. The van der Waals surface area contributed by atoms with Gasteiger partial charge < -0.3 is 4.74 Å². The fourth-order valence-electron chi connectivity index (χ4n) is 1.78. The van der Waals surface area contributed by atoms with Gasteiger partial charge >= 0.3 is 5.97 Å². The zero-order chi connectivity index (χ0) is 12.6. The van der Waals surface area contributed by atoms with E-state index in [1.807, 2.05) is 6.92 Å². The second-order valence-electron chi connectivity index (χ2n) is 3.87. The molecular weight excluding hydrogens is 240 g/mol. The van der Waals surface area contributed by atoms with Crippen LogP contribution in [0.25, 0.3) is 5.57 Å². The van der Waals surface area contributed by atoms with Gasteiger partial charge in [0.15, 0.2) is 9.84 Å². The summed E-state index contributed by atoms with van der Waals surface area (Å²) in [5.74, 6) is -0.550. The summed E-state index contributed by atoms with van der Waals surface area (Å²) >= 11 is 0. The van der Waals surface area contributed by atoms with Crippen LogP contribution in [0.2, 0.25) is 0 Å². The molecule has 0 aromatic heterocycles. The number of methoxy groups -OCH3 is 1. The van der Waals surface area contributed by atoms with Gasteiger partial charge in [-0.2, -0.15) is 0 Å². The molecule has 4 nitrogen and oxygen atoms in total. The van der Waals surface area contributed by atoms with Gasteiger partial charge in [0, 0.05) is 0 Å². The molecule has 0 bridgehead atoms. The van der Waals surface area contributed by atoms with Crippen LogP contribution < -0.4 is 0 Å². The van der Waals surface area contributed by atoms with Gasteiger partial charge in [0.05, 0.1) is 23.3 Å². The highest BCUT2D eigenvalue weighted by molar-refractivity contribution is 7.91. The molecule has 1 heterocycles. The molecule has 0 atom stereocenters. The summed E-state index contributed by atoms with van der Waals surface area (Å²) in [6, 6.07) is 4.60. The van der Waals surface area contributed by atoms with Crippen molar-refractivity contribution in [2.75, 3.05) is 12.9 Å². The molecule has 1 aliphatic rings. The van der Waals surface area contributed by atoms with E-state index in [9.17, 15) is 13.2 Å². The van der Waals surface area contributed by atoms with Crippen LogP contribution >= 0.6 is 0 Å². The number of ether oxygens (including phenoxy) is 1. The lowest BCUT2D eigenvalue weighted by Gasteiger charge is -2.16. The molecule has 2 rings (SSSR count). The third kappa shape index (κ3) is 1.98. The summed E-state index contributed by atoms with van der Waals surface area (Å²) in [5, 5.41) is 0. The number of rotatable bonds is 1. The molecule has 0 radical (unpaired) electrons. The van der Waals surface area contributed by atoms with Crippen LogP contribution in [-0.4, -0.2) is 27.2 Å². The number of fused-ring (bicyclic) bond motifs is 1. The van der Waals surface area contributed by atoms with Crippen molar-refractivity contribution >= 4 is 21.4 Å². The molecule has 0 unspecified atom stereocenters. The molecule has 0 spiro atoms. The van der Waals surface area contributed by atoms with Gasteiger partial charge in [-0.3, -0.25) is 0 Å². The molecule has 0 saturated heterocycles. The van der Waals surface area contributed by atoms with E-state index in [0.717, 1.165) is 5.57 Å². The van der Waals surface area contributed by atoms with Gasteiger partial charge in [0.1, 0.15) is 0 Å².